The molecule has 0 saturated heterocycles. The van der Waals surface area contributed by atoms with E-state index in [0.29, 0.717) is 6.54 Å². The van der Waals surface area contributed by atoms with Crippen molar-refractivity contribution in [1.29, 1.82) is 0 Å². The minimum absolute atomic E-state index is 0.107. The molecule has 2 rings (SSSR count). The van der Waals surface area contributed by atoms with Gasteiger partial charge in [0.15, 0.2) is 0 Å². The SMILES string of the molecule is FC(F)(F)CN(Cc1cccc(Br)c1)C1CC1. The molecule has 94 valence electrons. The Hall–Kier alpha value is -0.550. The number of rotatable bonds is 4. The molecule has 0 aliphatic heterocycles. The molecule has 0 amide bonds. The molecular weight excluding hydrogens is 295 g/mol. The van der Waals surface area contributed by atoms with Crippen molar-refractivity contribution in [2.45, 2.75) is 31.6 Å². The molecule has 0 radical (unpaired) electrons. The third kappa shape index (κ3) is 4.32. The molecule has 0 N–H and O–H groups in total. The van der Waals surface area contributed by atoms with E-state index in [1.165, 1.54) is 4.90 Å². The van der Waals surface area contributed by atoms with Gasteiger partial charge in [0, 0.05) is 17.1 Å². The molecule has 1 aromatic rings. The summed E-state index contributed by atoms with van der Waals surface area (Å²) in [5, 5.41) is 0. The van der Waals surface area contributed by atoms with Gasteiger partial charge in [-0.1, -0.05) is 28.1 Å². The van der Waals surface area contributed by atoms with Crippen molar-refractivity contribution in [3.05, 3.63) is 34.3 Å². The highest BCUT2D eigenvalue weighted by Crippen LogP contribution is 2.31. The van der Waals surface area contributed by atoms with Gasteiger partial charge in [0.1, 0.15) is 0 Å². The van der Waals surface area contributed by atoms with Gasteiger partial charge in [0.2, 0.25) is 0 Å². The van der Waals surface area contributed by atoms with Gasteiger partial charge >= 0.3 is 6.18 Å². The van der Waals surface area contributed by atoms with Crippen LogP contribution < -0.4 is 0 Å². The van der Waals surface area contributed by atoms with Crippen LogP contribution in [0.1, 0.15) is 18.4 Å². The van der Waals surface area contributed by atoms with Crippen molar-refractivity contribution in [1.82, 2.24) is 4.90 Å². The third-order valence-electron chi connectivity index (χ3n) is 2.72. The van der Waals surface area contributed by atoms with E-state index in [4.69, 9.17) is 0 Å². The van der Waals surface area contributed by atoms with E-state index in [-0.39, 0.29) is 6.04 Å². The quantitative estimate of drug-likeness (QED) is 0.813. The van der Waals surface area contributed by atoms with Gasteiger partial charge in [0.05, 0.1) is 6.54 Å². The number of alkyl halides is 3. The lowest BCUT2D eigenvalue weighted by Gasteiger charge is -2.23. The molecule has 5 heteroatoms. The summed E-state index contributed by atoms with van der Waals surface area (Å²) in [5.41, 5.74) is 0.913. The van der Waals surface area contributed by atoms with Crippen molar-refractivity contribution in [2.75, 3.05) is 6.54 Å². The van der Waals surface area contributed by atoms with Crippen LogP contribution in [0.4, 0.5) is 13.2 Å². The van der Waals surface area contributed by atoms with E-state index in [2.05, 4.69) is 15.9 Å². The number of hydrogen-bond donors (Lipinski definition) is 0. The minimum atomic E-state index is -4.12. The summed E-state index contributed by atoms with van der Waals surface area (Å²) in [7, 11) is 0. The zero-order chi connectivity index (χ0) is 12.5. The highest BCUT2D eigenvalue weighted by Gasteiger charge is 2.37. The fourth-order valence-electron chi connectivity index (χ4n) is 1.85. The number of halogens is 4. The van der Waals surface area contributed by atoms with Crippen LogP contribution in [0.2, 0.25) is 0 Å². The van der Waals surface area contributed by atoms with Crippen LogP contribution in [0.15, 0.2) is 28.7 Å². The lowest BCUT2D eigenvalue weighted by molar-refractivity contribution is -0.148. The Morgan fingerprint density at radius 1 is 1.29 bits per heavy atom. The average molecular weight is 308 g/mol. The largest absolute Gasteiger partial charge is 0.401 e. The van der Waals surface area contributed by atoms with Crippen molar-refractivity contribution in [2.24, 2.45) is 0 Å². The molecule has 0 atom stereocenters. The Morgan fingerprint density at radius 2 is 2.00 bits per heavy atom. The van der Waals surface area contributed by atoms with E-state index in [0.717, 1.165) is 22.9 Å². The first kappa shape index (κ1) is 12.9. The molecule has 0 spiro atoms. The zero-order valence-electron chi connectivity index (χ0n) is 9.17. The first-order chi connectivity index (χ1) is 7.94. The number of benzene rings is 1. The smallest absolute Gasteiger partial charge is 0.288 e. The van der Waals surface area contributed by atoms with Gasteiger partial charge in [-0.3, -0.25) is 4.90 Å². The first-order valence-electron chi connectivity index (χ1n) is 5.49. The van der Waals surface area contributed by atoms with Gasteiger partial charge in [-0.05, 0) is 30.5 Å². The summed E-state index contributed by atoms with van der Waals surface area (Å²) in [6, 6.07) is 7.55. The monoisotopic (exact) mass is 307 g/mol. The lowest BCUT2D eigenvalue weighted by atomic mass is 10.2. The van der Waals surface area contributed by atoms with E-state index < -0.39 is 12.7 Å². The normalized spacial score (nSPS) is 16.5. The fourth-order valence-corrected chi connectivity index (χ4v) is 2.30. The van der Waals surface area contributed by atoms with Crippen molar-refractivity contribution >= 4 is 15.9 Å². The Balaban J connectivity index is 2.02. The highest BCUT2D eigenvalue weighted by molar-refractivity contribution is 9.10. The molecule has 1 aromatic carbocycles. The van der Waals surface area contributed by atoms with Crippen LogP contribution in [-0.4, -0.2) is 23.7 Å². The molecule has 1 saturated carbocycles. The van der Waals surface area contributed by atoms with Crippen molar-refractivity contribution in [3.63, 3.8) is 0 Å². The van der Waals surface area contributed by atoms with Crippen LogP contribution in [0.3, 0.4) is 0 Å². The molecule has 0 aromatic heterocycles. The van der Waals surface area contributed by atoms with Crippen LogP contribution in [0, 0.1) is 0 Å². The Bertz CT molecular complexity index is 388. The maximum atomic E-state index is 12.4. The predicted octanol–water partition coefficient (Wildman–Crippen LogP) is 3.98. The second-order valence-corrected chi connectivity index (χ2v) is 5.30. The zero-order valence-corrected chi connectivity index (χ0v) is 10.8. The van der Waals surface area contributed by atoms with Crippen LogP contribution in [-0.2, 0) is 6.54 Å². The summed E-state index contributed by atoms with van der Waals surface area (Å²) in [5.74, 6) is 0. The average Bonchev–Trinajstić information content (AvgIpc) is 2.97. The molecule has 1 aliphatic carbocycles. The Morgan fingerprint density at radius 3 is 2.53 bits per heavy atom. The van der Waals surface area contributed by atoms with Crippen LogP contribution in [0.5, 0.6) is 0 Å². The van der Waals surface area contributed by atoms with Gasteiger partial charge < -0.3 is 0 Å². The van der Waals surface area contributed by atoms with E-state index in [9.17, 15) is 13.2 Å². The molecule has 0 unspecified atom stereocenters. The summed E-state index contributed by atoms with van der Waals surface area (Å²) >= 11 is 3.33. The van der Waals surface area contributed by atoms with Crippen LogP contribution in [0.25, 0.3) is 0 Å². The van der Waals surface area contributed by atoms with Gasteiger partial charge in [-0.2, -0.15) is 13.2 Å². The Kier molecular flexibility index (Phi) is 3.78. The summed E-state index contributed by atoms with van der Waals surface area (Å²) < 4.78 is 38.2. The summed E-state index contributed by atoms with van der Waals surface area (Å²) in [6.07, 6.45) is -2.36. The fraction of sp³-hybridized carbons (Fsp3) is 0.500. The highest BCUT2D eigenvalue weighted by atomic mass is 79.9. The van der Waals surface area contributed by atoms with Gasteiger partial charge in [-0.25, -0.2) is 0 Å². The number of hydrogen-bond acceptors (Lipinski definition) is 1. The summed E-state index contributed by atoms with van der Waals surface area (Å²) in [6.45, 7) is -0.451. The third-order valence-corrected chi connectivity index (χ3v) is 3.21. The van der Waals surface area contributed by atoms with Crippen LogP contribution >= 0.6 is 15.9 Å². The predicted molar refractivity (Wildman–Crippen MR) is 63.6 cm³/mol. The van der Waals surface area contributed by atoms with Crippen molar-refractivity contribution in [3.8, 4) is 0 Å². The molecule has 1 nitrogen and oxygen atoms in total. The Labute approximate surface area is 107 Å². The summed E-state index contributed by atoms with van der Waals surface area (Å²) in [4.78, 5) is 1.52. The molecule has 1 fully saturated rings. The molecular formula is C12H13BrF3N. The topological polar surface area (TPSA) is 3.24 Å². The maximum Gasteiger partial charge on any atom is 0.401 e. The van der Waals surface area contributed by atoms with E-state index in [1.807, 2.05) is 24.3 Å². The second kappa shape index (κ2) is 4.98. The molecule has 0 heterocycles. The van der Waals surface area contributed by atoms with E-state index >= 15 is 0 Å². The standard InChI is InChI=1S/C12H13BrF3N/c13-10-3-1-2-9(6-10)7-17(11-4-5-11)8-12(14,15)16/h1-3,6,11H,4-5,7-8H2. The maximum absolute atomic E-state index is 12.4. The molecule has 0 bridgehead atoms. The minimum Gasteiger partial charge on any atom is -0.288 e. The molecule has 17 heavy (non-hydrogen) atoms. The van der Waals surface area contributed by atoms with Gasteiger partial charge in [0.25, 0.3) is 0 Å². The first-order valence-corrected chi connectivity index (χ1v) is 6.28. The number of nitrogens with zero attached hydrogens (tertiary/aromatic N) is 1. The van der Waals surface area contributed by atoms with Gasteiger partial charge in [-0.15, -0.1) is 0 Å². The molecule has 1 aliphatic rings. The second-order valence-electron chi connectivity index (χ2n) is 4.38. The van der Waals surface area contributed by atoms with E-state index in [1.54, 1.807) is 0 Å². The lowest BCUT2D eigenvalue weighted by Crippen LogP contribution is -2.35. The van der Waals surface area contributed by atoms with Crippen molar-refractivity contribution < 1.29 is 13.2 Å².